The minimum Gasteiger partial charge on any atom is -0.297 e. The molecule has 1 aromatic carbocycles. The van der Waals surface area contributed by atoms with Crippen LogP contribution in [0.4, 0.5) is 14.9 Å². The van der Waals surface area contributed by atoms with Crippen LogP contribution >= 0.6 is 11.6 Å². The Labute approximate surface area is 97.0 Å². The first-order valence-corrected chi connectivity index (χ1v) is 4.96. The van der Waals surface area contributed by atoms with E-state index in [4.69, 9.17) is 11.6 Å². The summed E-state index contributed by atoms with van der Waals surface area (Å²) in [6, 6.07) is 5.72. The molecule has 0 spiro atoms. The second kappa shape index (κ2) is 6.07. The van der Waals surface area contributed by atoms with E-state index in [1.807, 2.05) is 0 Å². The number of carbonyl (C=O) groups excluding carboxylic acids is 1. The van der Waals surface area contributed by atoms with Crippen LogP contribution in [0.3, 0.4) is 0 Å². The van der Waals surface area contributed by atoms with Gasteiger partial charge >= 0.3 is 6.09 Å². The van der Waals surface area contributed by atoms with Gasteiger partial charge in [-0.05, 0) is 12.1 Å². The van der Waals surface area contributed by atoms with Gasteiger partial charge in [-0.1, -0.05) is 35.8 Å². The third-order valence-electron chi connectivity index (χ3n) is 1.63. The number of oxime groups is 1. The first-order valence-electron chi connectivity index (χ1n) is 4.58. The number of carbonyl (C=O) groups is 1. The topological polar surface area (TPSA) is 50.7 Å². The minimum absolute atomic E-state index is 0.0234. The van der Waals surface area contributed by atoms with Gasteiger partial charge in [0.15, 0.2) is 0 Å². The van der Waals surface area contributed by atoms with Crippen molar-refractivity contribution in [3.8, 4) is 0 Å². The predicted molar refractivity (Wildman–Crippen MR) is 60.1 cm³/mol. The van der Waals surface area contributed by atoms with Gasteiger partial charge < -0.3 is 0 Å². The summed E-state index contributed by atoms with van der Waals surface area (Å²) < 4.78 is 13.1. The van der Waals surface area contributed by atoms with Crippen molar-refractivity contribution >= 4 is 28.6 Å². The monoisotopic (exact) mass is 244 g/mol. The number of hydrogen-bond donors (Lipinski definition) is 1. The van der Waals surface area contributed by atoms with E-state index in [0.29, 0.717) is 6.42 Å². The molecule has 4 nitrogen and oxygen atoms in total. The lowest BCUT2D eigenvalue weighted by Gasteiger charge is -2.03. The summed E-state index contributed by atoms with van der Waals surface area (Å²) in [5.74, 6) is -0.551. The fraction of sp³-hybridized carbons (Fsp3) is 0.200. The lowest BCUT2D eigenvalue weighted by molar-refractivity contribution is 0.166. The molecule has 0 aliphatic carbocycles. The molecule has 0 radical (unpaired) electrons. The zero-order chi connectivity index (χ0) is 12.0. The maximum absolute atomic E-state index is 13.1. The molecular weight excluding hydrogens is 235 g/mol. The van der Waals surface area contributed by atoms with E-state index in [0.717, 1.165) is 0 Å². The van der Waals surface area contributed by atoms with Gasteiger partial charge in [-0.2, -0.15) is 0 Å². The van der Waals surface area contributed by atoms with E-state index >= 15 is 0 Å². The molecule has 16 heavy (non-hydrogen) atoms. The summed E-state index contributed by atoms with van der Waals surface area (Å²) in [4.78, 5) is 15.5. The second-order valence-electron chi connectivity index (χ2n) is 2.80. The van der Waals surface area contributed by atoms with Crippen LogP contribution in [0.2, 0.25) is 0 Å². The average molecular weight is 245 g/mol. The van der Waals surface area contributed by atoms with E-state index in [1.165, 1.54) is 18.2 Å². The van der Waals surface area contributed by atoms with Crippen molar-refractivity contribution in [3.05, 3.63) is 30.1 Å². The van der Waals surface area contributed by atoms with Crippen molar-refractivity contribution in [1.29, 1.82) is 0 Å². The van der Waals surface area contributed by atoms with Crippen LogP contribution in [0.15, 0.2) is 29.4 Å². The minimum atomic E-state index is -0.892. The number of nitrogens with one attached hydrogen (secondary N) is 1. The highest BCUT2D eigenvalue weighted by Gasteiger charge is 2.06. The lowest BCUT2D eigenvalue weighted by atomic mass is 10.3. The van der Waals surface area contributed by atoms with Gasteiger partial charge in [-0.3, -0.25) is 10.2 Å². The van der Waals surface area contributed by atoms with Crippen LogP contribution in [0.25, 0.3) is 0 Å². The largest absolute Gasteiger partial charge is 0.437 e. The second-order valence-corrected chi connectivity index (χ2v) is 3.24. The molecule has 86 valence electrons. The fourth-order valence-electron chi connectivity index (χ4n) is 0.851. The molecule has 0 fully saturated rings. The maximum Gasteiger partial charge on any atom is 0.437 e. The molecule has 1 rings (SSSR count). The molecule has 0 aliphatic rings. The van der Waals surface area contributed by atoms with Crippen LogP contribution < -0.4 is 5.32 Å². The Kier molecular flexibility index (Phi) is 4.72. The molecule has 1 N–H and O–H groups in total. The molecule has 0 heterocycles. The Morgan fingerprint density at radius 1 is 1.56 bits per heavy atom. The zero-order valence-electron chi connectivity index (χ0n) is 8.54. The molecule has 0 unspecified atom stereocenters. The summed E-state index contributed by atoms with van der Waals surface area (Å²) in [5, 5.41) is 5.66. The van der Waals surface area contributed by atoms with Crippen molar-refractivity contribution in [2.45, 2.75) is 13.3 Å². The quantitative estimate of drug-likeness (QED) is 0.504. The highest BCUT2D eigenvalue weighted by atomic mass is 35.5. The summed E-state index contributed by atoms with van der Waals surface area (Å²) >= 11 is 5.51. The highest BCUT2D eigenvalue weighted by Crippen LogP contribution is 2.12. The van der Waals surface area contributed by atoms with Crippen LogP contribution in [0.5, 0.6) is 0 Å². The third kappa shape index (κ3) is 3.86. The maximum atomic E-state index is 13.1. The van der Waals surface area contributed by atoms with Gasteiger partial charge in [-0.15, -0.1) is 0 Å². The number of para-hydroxylation sites is 1. The molecule has 1 amide bonds. The van der Waals surface area contributed by atoms with Gasteiger partial charge in [0.25, 0.3) is 0 Å². The van der Waals surface area contributed by atoms with Crippen LogP contribution in [0, 0.1) is 5.82 Å². The van der Waals surface area contributed by atoms with E-state index in [-0.39, 0.29) is 10.9 Å². The van der Waals surface area contributed by atoms with Crippen molar-refractivity contribution in [2.24, 2.45) is 5.16 Å². The molecule has 0 bridgehead atoms. The van der Waals surface area contributed by atoms with Crippen molar-refractivity contribution in [2.75, 3.05) is 5.32 Å². The van der Waals surface area contributed by atoms with Crippen molar-refractivity contribution in [1.82, 2.24) is 0 Å². The van der Waals surface area contributed by atoms with Crippen molar-refractivity contribution < 1.29 is 14.0 Å². The number of rotatable bonds is 3. The van der Waals surface area contributed by atoms with E-state index in [9.17, 15) is 9.18 Å². The first kappa shape index (κ1) is 12.4. The number of anilines is 1. The molecule has 0 aromatic heterocycles. The SMILES string of the molecule is CC/C(Cl)=N/OC(=O)Nc1ccccc1F. The lowest BCUT2D eigenvalue weighted by Crippen LogP contribution is -2.12. The van der Waals surface area contributed by atoms with Gasteiger partial charge in [0.1, 0.15) is 11.0 Å². The van der Waals surface area contributed by atoms with Crippen LogP contribution in [-0.2, 0) is 4.84 Å². The molecule has 0 saturated heterocycles. The Hall–Kier alpha value is -1.62. The third-order valence-corrected chi connectivity index (χ3v) is 1.97. The summed E-state index contributed by atoms with van der Waals surface area (Å²) in [5.41, 5.74) is 0.0234. The molecule has 0 atom stereocenters. The molecule has 0 aliphatic heterocycles. The highest BCUT2D eigenvalue weighted by molar-refractivity contribution is 6.65. The van der Waals surface area contributed by atoms with Crippen LogP contribution in [0.1, 0.15) is 13.3 Å². The first-order chi connectivity index (χ1) is 7.63. The smallest absolute Gasteiger partial charge is 0.297 e. The van der Waals surface area contributed by atoms with E-state index in [2.05, 4.69) is 15.3 Å². The Morgan fingerprint density at radius 3 is 2.88 bits per heavy atom. The van der Waals surface area contributed by atoms with Gasteiger partial charge in [0.05, 0.1) is 5.69 Å². The Morgan fingerprint density at radius 2 is 2.25 bits per heavy atom. The van der Waals surface area contributed by atoms with Gasteiger partial charge in [0.2, 0.25) is 0 Å². The fourth-order valence-corrected chi connectivity index (χ4v) is 0.885. The van der Waals surface area contributed by atoms with Gasteiger partial charge in [-0.25, -0.2) is 9.18 Å². The van der Waals surface area contributed by atoms with Crippen LogP contribution in [-0.4, -0.2) is 11.3 Å². The Balaban J connectivity index is 2.56. The summed E-state index contributed by atoms with van der Waals surface area (Å²) in [6.45, 7) is 1.75. The Bertz CT molecular complexity index is 410. The number of amides is 1. The molecule has 1 aromatic rings. The predicted octanol–water partition coefficient (Wildman–Crippen LogP) is 3.34. The average Bonchev–Trinajstić information content (AvgIpc) is 2.29. The zero-order valence-corrected chi connectivity index (χ0v) is 9.29. The molecule has 0 saturated carbocycles. The number of benzene rings is 1. The number of hydrogen-bond acceptors (Lipinski definition) is 3. The normalized spacial score (nSPS) is 11.1. The molecule has 6 heteroatoms. The van der Waals surface area contributed by atoms with Gasteiger partial charge in [0, 0.05) is 6.42 Å². The van der Waals surface area contributed by atoms with E-state index in [1.54, 1.807) is 13.0 Å². The standard InChI is InChI=1S/C10H10ClFN2O2/c1-2-9(11)14-16-10(15)13-8-6-4-3-5-7(8)12/h3-6H,2H2,1H3,(H,13,15)/b14-9-. The number of halogens is 2. The van der Waals surface area contributed by atoms with Crippen molar-refractivity contribution in [3.63, 3.8) is 0 Å². The molecular formula is C10H10ClFN2O2. The number of nitrogens with zero attached hydrogens (tertiary/aromatic N) is 1. The summed E-state index contributed by atoms with van der Waals surface area (Å²) in [7, 11) is 0. The van der Waals surface area contributed by atoms with E-state index < -0.39 is 11.9 Å². The summed E-state index contributed by atoms with van der Waals surface area (Å²) in [6.07, 6.45) is -0.439.